The van der Waals surface area contributed by atoms with E-state index in [1.54, 1.807) is 7.11 Å². The molecule has 0 amide bonds. The summed E-state index contributed by atoms with van der Waals surface area (Å²) in [5, 5.41) is 0. The van der Waals surface area contributed by atoms with Crippen LogP contribution < -0.4 is 13.9 Å². The first-order chi connectivity index (χ1) is 16.4. The number of hydrogen-bond donors (Lipinski definition) is 0. The Labute approximate surface area is 208 Å². The van der Waals surface area contributed by atoms with Crippen molar-refractivity contribution in [3.63, 3.8) is 0 Å². The molecule has 2 aromatic rings. The quantitative estimate of drug-likeness (QED) is 0.283. The highest BCUT2D eigenvalue weighted by Crippen LogP contribution is 2.49. The molecule has 186 valence electrons. The number of methoxy groups -OCH3 is 1. The lowest BCUT2D eigenvalue weighted by molar-refractivity contribution is 0.213. The van der Waals surface area contributed by atoms with Gasteiger partial charge >= 0.3 is 0 Å². The van der Waals surface area contributed by atoms with Crippen LogP contribution >= 0.6 is 0 Å². The van der Waals surface area contributed by atoms with Gasteiger partial charge in [-0.1, -0.05) is 72.1 Å². The Kier molecular flexibility index (Phi) is 9.29. The summed E-state index contributed by atoms with van der Waals surface area (Å²) < 4.78 is 19.4. The van der Waals surface area contributed by atoms with Gasteiger partial charge < -0.3 is 13.9 Å². The third-order valence-corrected chi connectivity index (χ3v) is 12.0. The van der Waals surface area contributed by atoms with Gasteiger partial charge in [-0.25, -0.2) is 0 Å². The lowest BCUT2D eigenvalue weighted by Crippen LogP contribution is -2.41. The number of hydrogen-bond acceptors (Lipinski definition) is 3. The average molecular weight is 481 g/mol. The van der Waals surface area contributed by atoms with Crippen LogP contribution in [-0.4, -0.2) is 15.4 Å². The number of fused-ring (bicyclic) bond motifs is 1. The van der Waals surface area contributed by atoms with Gasteiger partial charge in [0.15, 0.2) is 5.75 Å². The number of benzene rings is 2. The van der Waals surface area contributed by atoms with Crippen molar-refractivity contribution in [2.75, 3.05) is 7.11 Å². The fraction of sp³-hybridized carbons (Fsp3) is 0.533. The first kappa shape index (κ1) is 26.4. The minimum Gasteiger partial charge on any atom is -0.541 e. The van der Waals surface area contributed by atoms with Crippen molar-refractivity contribution < 1.29 is 13.9 Å². The molecule has 0 bridgehead atoms. The number of ether oxygens (including phenoxy) is 2. The number of allylic oxidation sites excluding steroid dienone is 1. The second kappa shape index (κ2) is 12.0. The summed E-state index contributed by atoms with van der Waals surface area (Å²) in [5.41, 5.74) is 4.98. The molecule has 2 atom stereocenters. The van der Waals surface area contributed by atoms with E-state index < -0.39 is 8.32 Å². The molecule has 0 N–H and O–H groups in total. The molecule has 0 fully saturated rings. The summed E-state index contributed by atoms with van der Waals surface area (Å²) >= 11 is 0. The van der Waals surface area contributed by atoms with Crippen LogP contribution in [-0.2, 0) is 6.42 Å². The normalized spacial score (nSPS) is 17.6. The minimum atomic E-state index is -1.84. The van der Waals surface area contributed by atoms with E-state index in [-0.39, 0.29) is 12.0 Å². The van der Waals surface area contributed by atoms with Gasteiger partial charge in [0.1, 0.15) is 17.6 Å². The lowest BCUT2D eigenvalue weighted by atomic mass is 9.90. The van der Waals surface area contributed by atoms with Crippen LogP contribution in [0.25, 0.3) is 6.08 Å². The van der Waals surface area contributed by atoms with Gasteiger partial charge in [0.2, 0.25) is 0 Å². The zero-order valence-corrected chi connectivity index (χ0v) is 23.4. The van der Waals surface area contributed by atoms with Crippen molar-refractivity contribution in [1.82, 2.24) is 0 Å². The second-order valence-corrected chi connectivity index (χ2v) is 13.8. The molecule has 2 aromatic carbocycles. The molecule has 0 radical (unpaired) electrons. The van der Waals surface area contributed by atoms with Crippen molar-refractivity contribution in [2.45, 2.75) is 97.4 Å². The maximum absolute atomic E-state index is 6.90. The Morgan fingerprint density at radius 2 is 1.62 bits per heavy atom. The second-order valence-electron chi connectivity index (χ2n) is 9.72. The molecule has 0 aromatic heterocycles. The van der Waals surface area contributed by atoms with Gasteiger partial charge in [-0.15, -0.1) is 0 Å². The van der Waals surface area contributed by atoms with E-state index in [1.807, 2.05) is 0 Å². The van der Waals surface area contributed by atoms with Crippen molar-refractivity contribution in [3.8, 4) is 17.2 Å². The summed E-state index contributed by atoms with van der Waals surface area (Å²) in [5.74, 6) is 3.07. The van der Waals surface area contributed by atoms with E-state index in [2.05, 4.69) is 84.0 Å². The summed E-state index contributed by atoms with van der Waals surface area (Å²) in [7, 11) is -0.0916. The van der Waals surface area contributed by atoms with E-state index in [1.165, 1.54) is 54.1 Å². The van der Waals surface area contributed by atoms with Crippen LogP contribution in [0.5, 0.6) is 17.2 Å². The van der Waals surface area contributed by atoms with Crippen LogP contribution in [0.1, 0.15) is 95.1 Å². The zero-order valence-electron chi connectivity index (χ0n) is 22.4. The molecule has 1 aliphatic rings. The summed E-state index contributed by atoms with van der Waals surface area (Å²) in [6.45, 7) is 13.4. The van der Waals surface area contributed by atoms with E-state index in [4.69, 9.17) is 13.9 Å². The molecule has 4 heteroatoms. The van der Waals surface area contributed by atoms with E-state index in [0.717, 1.165) is 29.2 Å². The van der Waals surface area contributed by atoms with Crippen molar-refractivity contribution in [1.29, 1.82) is 0 Å². The fourth-order valence-electron chi connectivity index (χ4n) is 5.59. The highest BCUT2D eigenvalue weighted by Gasteiger charge is 2.37. The van der Waals surface area contributed by atoms with Crippen LogP contribution in [0.2, 0.25) is 18.1 Å². The number of rotatable bonds is 12. The average Bonchev–Trinajstić information content (AvgIpc) is 3.16. The fourth-order valence-corrected chi connectivity index (χ4v) is 10.0. The van der Waals surface area contributed by atoms with Crippen LogP contribution in [0, 0.1) is 0 Å². The van der Waals surface area contributed by atoms with E-state index in [0.29, 0.717) is 0 Å². The molecule has 1 aliphatic heterocycles. The molecule has 0 saturated heterocycles. The van der Waals surface area contributed by atoms with Gasteiger partial charge in [0.25, 0.3) is 8.32 Å². The van der Waals surface area contributed by atoms with Gasteiger partial charge in [-0.05, 0) is 72.4 Å². The standard InChI is InChI=1S/C30H44O3Si/c1-8-13-23-19-24(12-5)30-26(20-23)22(6)29(32-30)25-14-15-27(28(21-25)31-7)33-34(16-9-2,17-10-3)18-11-4/h8,13-15,19-22,29H,9-12,16-18H2,1-7H3/b13-8+. The predicted molar refractivity (Wildman–Crippen MR) is 147 cm³/mol. The zero-order chi connectivity index (χ0) is 24.7. The molecule has 0 spiro atoms. The predicted octanol–water partition coefficient (Wildman–Crippen LogP) is 9.08. The molecule has 0 aliphatic carbocycles. The van der Waals surface area contributed by atoms with Gasteiger partial charge in [0.05, 0.1) is 7.11 Å². The van der Waals surface area contributed by atoms with E-state index in [9.17, 15) is 0 Å². The Hall–Kier alpha value is -2.20. The maximum atomic E-state index is 6.90. The molecular formula is C30H44O3Si. The molecule has 2 unspecified atom stereocenters. The highest BCUT2D eigenvalue weighted by molar-refractivity contribution is 6.74. The highest BCUT2D eigenvalue weighted by atomic mass is 28.4. The topological polar surface area (TPSA) is 27.7 Å². The maximum Gasteiger partial charge on any atom is 0.251 e. The van der Waals surface area contributed by atoms with Gasteiger partial charge in [0, 0.05) is 11.5 Å². The first-order valence-corrected chi connectivity index (χ1v) is 15.8. The summed E-state index contributed by atoms with van der Waals surface area (Å²) in [4.78, 5) is 0. The molecule has 1 heterocycles. The van der Waals surface area contributed by atoms with Crippen LogP contribution in [0.15, 0.2) is 36.4 Å². The largest absolute Gasteiger partial charge is 0.541 e. The van der Waals surface area contributed by atoms with Crippen LogP contribution in [0.3, 0.4) is 0 Å². The lowest BCUT2D eigenvalue weighted by Gasteiger charge is -2.32. The van der Waals surface area contributed by atoms with Crippen molar-refractivity contribution in [2.24, 2.45) is 0 Å². The number of aryl methyl sites for hydroxylation is 1. The molecule has 34 heavy (non-hydrogen) atoms. The monoisotopic (exact) mass is 480 g/mol. The third-order valence-electron chi connectivity index (χ3n) is 7.11. The summed E-state index contributed by atoms with van der Waals surface area (Å²) in [6, 6.07) is 14.6. The summed E-state index contributed by atoms with van der Waals surface area (Å²) in [6.07, 6.45) is 8.74. The Morgan fingerprint density at radius 3 is 2.18 bits per heavy atom. The molecular weight excluding hydrogens is 436 g/mol. The van der Waals surface area contributed by atoms with Crippen molar-refractivity contribution in [3.05, 3.63) is 58.7 Å². The Balaban J connectivity index is 1.93. The van der Waals surface area contributed by atoms with Crippen molar-refractivity contribution >= 4 is 14.4 Å². The van der Waals surface area contributed by atoms with Gasteiger partial charge in [-0.2, -0.15) is 0 Å². The van der Waals surface area contributed by atoms with Gasteiger partial charge in [-0.3, -0.25) is 0 Å². The third kappa shape index (κ3) is 5.54. The Morgan fingerprint density at radius 1 is 0.941 bits per heavy atom. The molecule has 3 rings (SSSR count). The van der Waals surface area contributed by atoms with E-state index >= 15 is 0 Å². The Bertz CT molecular complexity index is 964. The SMILES string of the molecule is C/C=C/c1cc(CC)c2c(c1)C(C)C(c1ccc(O[Si](CCC)(CCC)CCC)c(OC)c1)O2. The molecule has 3 nitrogen and oxygen atoms in total. The smallest absolute Gasteiger partial charge is 0.251 e. The van der Waals surface area contributed by atoms with Crippen LogP contribution in [0.4, 0.5) is 0 Å². The minimum absolute atomic E-state index is 0.0203. The first-order valence-electron chi connectivity index (χ1n) is 13.3. The molecule has 0 saturated carbocycles.